The molecular formula is C56H43N. The van der Waals surface area contributed by atoms with Crippen LogP contribution in [0.4, 0.5) is 17.1 Å². The van der Waals surface area contributed by atoms with Crippen molar-refractivity contribution >= 4 is 38.6 Å². The molecule has 2 aliphatic carbocycles. The summed E-state index contributed by atoms with van der Waals surface area (Å²) in [4.78, 5) is 2.51. The number of nitrogens with zero attached hydrogens (tertiary/aromatic N) is 1. The summed E-state index contributed by atoms with van der Waals surface area (Å²) in [5, 5.41) is 4.97. The maximum Gasteiger partial charge on any atom is 0.0546 e. The SMILES string of the molecule is CC1(C)c2ccccc2-c2c(-c3ccccc3N(c3ccc(-c4cccc5c4C(C)(C)c4ccccc4-5)cc3)c3cc4ccccc4c4ccccc34)cccc21. The van der Waals surface area contributed by atoms with Crippen LogP contribution in [0.25, 0.3) is 66.1 Å². The van der Waals surface area contributed by atoms with Gasteiger partial charge in [-0.3, -0.25) is 0 Å². The van der Waals surface area contributed by atoms with Crippen LogP contribution < -0.4 is 4.90 Å². The van der Waals surface area contributed by atoms with Gasteiger partial charge in [0.2, 0.25) is 0 Å². The fourth-order valence-electron chi connectivity index (χ4n) is 10.4. The van der Waals surface area contributed by atoms with Crippen molar-refractivity contribution in [2.24, 2.45) is 0 Å². The first kappa shape index (κ1) is 33.6. The van der Waals surface area contributed by atoms with Gasteiger partial charge in [0.15, 0.2) is 0 Å². The van der Waals surface area contributed by atoms with Gasteiger partial charge < -0.3 is 4.90 Å². The molecule has 272 valence electrons. The Morgan fingerprint density at radius 2 is 0.895 bits per heavy atom. The second-order valence-electron chi connectivity index (χ2n) is 16.9. The van der Waals surface area contributed by atoms with Crippen LogP contribution in [0.15, 0.2) is 188 Å². The first-order chi connectivity index (χ1) is 27.8. The van der Waals surface area contributed by atoms with Crippen LogP contribution in [0.5, 0.6) is 0 Å². The Morgan fingerprint density at radius 1 is 0.351 bits per heavy atom. The van der Waals surface area contributed by atoms with Crippen molar-refractivity contribution in [3.63, 3.8) is 0 Å². The smallest absolute Gasteiger partial charge is 0.0546 e. The summed E-state index contributed by atoms with van der Waals surface area (Å²) in [7, 11) is 0. The summed E-state index contributed by atoms with van der Waals surface area (Å²) in [5.74, 6) is 0. The Labute approximate surface area is 335 Å². The molecule has 2 aliphatic rings. The van der Waals surface area contributed by atoms with Gasteiger partial charge in [-0.05, 0) is 102 Å². The van der Waals surface area contributed by atoms with Crippen LogP contribution >= 0.6 is 0 Å². The van der Waals surface area contributed by atoms with E-state index >= 15 is 0 Å². The number of fused-ring (bicyclic) bond motifs is 9. The molecule has 0 aromatic heterocycles. The Balaban J connectivity index is 1.14. The topological polar surface area (TPSA) is 3.24 Å². The molecule has 57 heavy (non-hydrogen) atoms. The van der Waals surface area contributed by atoms with Crippen molar-refractivity contribution < 1.29 is 0 Å². The van der Waals surface area contributed by atoms with Crippen molar-refractivity contribution in [1.82, 2.24) is 0 Å². The van der Waals surface area contributed by atoms with Gasteiger partial charge in [0.25, 0.3) is 0 Å². The first-order valence-electron chi connectivity index (χ1n) is 20.2. The highest BCUT2D eigenvalue weighted by Crippen LogP contribution is 2.55. The van der Waals surface area contributed by atoms with E-state index in [0.29, 0.717) is 0 Å². The lowest BCUT2D eigenvalue weighted by Crippen LogP contribution is -2.16. The molecule has 1 nitrogen and oxygen atoms in total. The summed E-state index contributed by atoms with van der Waals surface area (Å²) < 4.78 is 0. The number of para-hydroxylation sites is 1. The number of benzene rings is 9. The molecule has 0 radical (unpaired) electrons. The minimum Gasteiger partial charge on any atom is -0.309 e. The maximum absolute atomic E-state index is 2.51. The molecule has 0 fully saturated rings. The van der Waals surface area contributed by atoms with Gasteiger partial charge in [0.05, 0.1) is 11.4 Å². The Morgan fingerprint density at radius 3 is 1.68 bits per heavy atom. The number of hydrogen-bond acceptors (Lipinski definition) is 1. The molecule has 0 spiro atoms. The Bertz CT molecular complexity index is 3070. The van der Waals surface area contributed by atoms with E-state index in [0.717, 1.165) is 17.1 Å². The average Bonchev–Trinajstić information content (AvgIpc) is 3.64. The zero-order valence-electron chi connectivity index (χ0n) is 32.8. The summed E-state index contributed by atoms with van der Waals surface area (Å²) >= 11 is 0. The van der Waals surface area contributed by atoms with Gasteiger partial charge in [-0.1, -0.05) is 191 Å². The highest BCUT2D eigenvalue weighted by atomic mass is 15.1. The van der Waals surface area contributed by atoms with Gasteiger partial charge in [0, 0.05) is 27.5 Å². The molecule has 1 heteroatoms. The third kappa shape index (κ3) is 4.88. The molecule has 9 aromatic carbocycles. The summed E-state index contributed by atoms with van der Waals surface area (Å²) in [6.45, 7) is 9.48. The third-order valence-corrected chi connectivity index (χ3v) is 13.0. The second kappa shape index (κ2) is 12.4. The number of anilines is 3. The number of rotatable bonds is 5. The predicted molar refractivity (Wildman–Crippen MR) is 242 cm³/mol. The van der Waals surface area contributed by atoms with E-state index in [1.54, 1.807) is 0 Å². The molecule has 9 aromatic rings. The highest BCUT2D eigenvalue weighted by Gasteiger charge is 2.38. The van der Waals surface area contributed by atoms with Gasteiger partial charge in [0.1, 0.15) is 0 Å². The maximum atomic E-state index is 2.51. The largest absolute Gasteiger partial charge is 0.309 e. The summed E-state index contributed by atoms with van der Waals surface area (Å²) in [6.07, 6.45) is 0. The molecular weight excluding hydrogens is 687 g/mol. The van der Waals surface area contributed by atoms with Crippen molar-refractivity contribution in [3.05, 3.63) is 210 Å². The first-order valence-corrected chi connectivity index (χ1v) is 20.2. The van der Waals surface area contributed by atoms with Gasteiger partial charge >= 0.3 is 0 Å². The van der Waals surface area contributed by atoms with Crippen LogP contribution in [0, 0.1) is 0 Å². The van der Waals surface area contributed by atoms with E-state index < -0.39 is 0 Å². The Hall–Kier alpha value is -6.70. The lowest BCUT2D eigenvalue weighted by atomic mass is 9.79. The molecule has 0 bridgehead atoms. The van der Waals surface area contributed by atoms with Crippen LogP contribution in [0.2, 0.25) is 0 Å². The highest BCUT2D eigenvalue weighted by molar-refractivity contribution is 6.15. The lowest BCUT2D eigenvalue weighted by molar-refractivity contribution is 0.660. The van der Waals surface area contributed by atoms with Crippen LogP contribution in [0.3, 0.4) is 0 Å². The van der Waals surface area contributed by atoms with Crippen LogP contribution in [-0.2, 0) is 10.8 Å². The van der Waals surface area contributed by atoms with Gasteiger partial charge in [-0.15, -0.1) is 0 Å². The molecule has 0 unspecified atom stereocenters. The lowest BCUT2D eigenvalue weighted by Gasteiger charge is -2.30. The molecule has 0 saturated heterocycles. The van der Waals surface area contributed by atoms with Crippen LogP contribution in [-0.4, -0.2) is 0 Å². The fourth-order valence-corrected chi connectivity index (χ4v) is 10.4. The predicted octanol–water partition coefficient (Wildman–Crippen LogP) is 15.4. The molecule has 0 heterocycles. The molecule has 0 atom stereocenters. The zero-order chi connectivity index (χ0) is 38.5. The van der Waals surface area contributed by atoms with Crippen LogP contribution in [0.1, 0.15) is 49.9 Å². The van der Waals surface area contributed by atoms with Crippen molar-refractivity contribution in [1.29, 1.82) is 0 Å². The van der Waals surface area contributed by atoms with Gasteiger partial charge in [-0.2, -0.15) is 0 Å². The molecule has 0 aliphatic heterocycles. The van der Waals surface area contributed by atoms with E-state index in [1.807, 2.05) is 0 Å². The quantitative estimate of drug-likeness (QED) is 0.159. The van der Waals surface area contributed by atoms with Crippen molar-refractivity contribution in [2.45, 2.75) is 38.5 Å². The fraction of sp³-hybridized carbons (Fsp3) is 0.107. The number of hydrogen-bond donors (Lipinski definition) is 0. The summed E-state index contributed by atoms with van der Waals surface area (Å²) in [5.41, 5.74) is 19.2. The monoisotopic (exact) mass is 729 g/mol. The van der Waals surface area contributed by atoms with Crippen molar-refractivity contribution in [2.75, 3.05) is 4.90 Å². The van der Waals surface area contributed by atoms with E-state index in [2.05, 4.69) is 221 Å². The zero-order valence-corrected chi connectivity index (χ0v) is 32.8. The normalized spacial score (nSPS) is 14.2. The molecule has 0 saturated carbocycles. The van der Waals surface area contributed by atoms with E-state index in [9.17, 15) is 0 Å². The third-order valence-electron chi connectivity index (χ3n) is 13.0. The van der Waals surface area contributed by atoms with E-state index in [1.165, 1.54) is 88.3 Å². The molecule has 11 rings (SSSR count). The Kier molecular flexibility index (Phi) is 7.32. The van der Waals surface area contributed by atoms with Crippen molar-refractivity contribution in [3.8, 4) is 44.5 Å². The minimum absolute atomic E-state index is 0.0888. The minimum atomic E-state index is -0.0979. The molecule has 0 N–H and O–H groups in total. The van der Waals surface area contributed by atoms with Gasteiger partial charge in [-0.25, -0.2) is 0 Å². The van der Waals surface area contributed by atoms with E-state index in [-0.39, 0.29) is 10.8 Å². The average molecular weight is 730 g/mol. The molecule has 0 amide bonds. The summed E-state index contributed by atoms with van der Waals surface area (Å²) in [6, 6.07) is 70.0. The van der Waals surface area contributed by atoms with E-state index in [4.69, 9.17) is 0 Å². The second-order valence-corrected chi connectivity index (χ2v) is 16.9. The standard InChI is InChI=1S/C56H43N/c1-55(2)49-28-13-10-23-47(49)53-45(25-16-29-50(53)55)44-22-11-14-30-51(44)57(52-35-37-17-5-6-18-39(37)41-19-7-8-21-43(41)52)38-33-31-36(32-34-38)40-24-15-26-46-42-20-9-12-27-48(42)56(3,4)54(40)46/h5-35H,1-4H3.